The van der Waals surface area contributed by atoms with Gasteiger partial charge in [0.1, 0.15) is 5.82 Å². The van der Waals surface area contributed by atoms with Crippen LogP contribution in [0.15, 0.2) is 54.6 Å². The summed E-state index contributed by atoms with van der Waals surface area (Å²) in [6.07, 6.45) is 1.45. The van der Waals surface area contributed by atoms with Crippen LogP contribution in [0.5, 0.6) is 0 Å². The second-order valence-corrected chi connectivity index (χ2v) is 4.91. The normalized spacial score (nSPS) is 13.0. The largest absolute Gasteiger partial charge is 0.624 e. The predicted molar refractivity (Wildman–Crippen MR) is 80.0 cm³/mol. The van der Waals surface area contributed by atoms with Crippen LogP contribution in [-0.4, -0.2) is 23.3 Å². The predicted octanol–water partition coefficient (Wildman–Crippen LogP) is 3.27. The number of carbonyl (C=O) groups is 1. The lowest BCUT2D eigenvalue weighted by atomic mass is 9.99. The van der Waals surface area contributed by atoms with Gasteiger partial charge in [0.25, 0.3) is 0 Å². The van der Waals surface area contributed by atoms with Crippen molar-refractivity contribution in [3.8, 4) is 0 Å². The Bertz CT molecular complexity index is 636. The summed E-state index contributed by atoms with van der Waals surface area (Å²) in [6, 6.07) is 14.5. The van der Waals surface area contributed by atoms with E-state index in [1.54, 1.807) is 6.92 Å². The molecule has 0 saturated carbocycles. The molecule has 2 aromatic rings. The summed E-state index contributed by atoms with van der Waals surface area (Å²) >= 11 is 0. The van der Waals surface area contributed by atoms with Crippen LogP contribution in [0.2, 0.25) is 0 Å². The number of rotatable bonds is 5. The Morgan fingerprint density at radius 1 is 1.19 bits per heavy atom. The standard InChI is InChI=1S/C17H16FNO2/c1-13(17(20)15-7-9-16(18)10-8-15)11-19(21)12-14-5-3-2-4-6-14/h2-10,12-13H,11H2,1H3. The molecular weight excluding hydrogens is 269 g/mol. The highest BCUT2D eigenvalue weighted by molar-refractivity contribution is 5.97. The molecule has 0 spiro atoms. The molecule has 0 aromatic heterocycles. The number of Topliss-reactive ketones (excluding diaryl/α,β-unsaturated/α-hetero) is 1. The van der Waals surface area contributed by atoms with E-state index in [4.69, 9.17) is 0 Å². The summed E-state index contributed by atoms with van der Waals surface area (Å²) in [5.41, 5.74) is 1.20. The number of carbonyl (C=O) groups excluding carboxylic acids is 1. The molecule has 0 aliphatic heterocycles. The molecule has 1 unspecified atom stereocenters. The van der Waals surface area contributed by atoms with E-state index in [1.165, 1.54) is 30.5 Å². The molecule has 0 aliphatic rings. The first-order valence-electron chi connectivity index (χ1n) is 6.70. The van der Waals surface area contributed by atoms with Crippen LogP contribution < -0.4 is 0 Å². The van der Waals surface area contributed by atoms with Gasteiger partial charge in [-0.2, -0.15) is 0 Å². The molecule has 4 heteroatoms. The van der Waals surface area contributed by atoms with Gasteiger partial charge in [0.05, 0.1) is 5.92 Å². The van der Waals surface area contributed by atoms with Gasteiger partial charge >= 0.3 is 0 Å². The van der Waals surface area contributed by atoms with Crippen LogP contribution in [0, 0.1) is 16.9 Å². The Kier molecular flexibility index (Phi) is 4.82. The molecule has 0 bridgehead atoms. The van der Waals surface area contributed by atoms with E-state index in [0.29, 0.717) is 5.56 Å². The Hall–Kier alpha value is -2.49. The first-order chi connectivity index (χ1) is 10.1. The molecule has 3 nitrogen and oxygen atoms in total. The van der Waals surface area contributed by atoms with Crippen molar-refractivity contribution in [1.29, 1.82) is 0 Å². The van der Waals surface area contributed by atoms with Gasteiger partial charge in [0, 0.05) is 11.1 Å². The van der Waals surface area contributed by atoms with Gasteiger partial charge in [-0.05, 0) is 43.3 Å². The average molecular weight is 285 g/mol. The van der Waals surface area contributed by atoms with Crippen LogP contribution in [0.1, 0.15) is 22.8 Å². The van der Waals surface area contributed by atoms with E-state index < -0.39 is 5.92 Å². The van der Waals surface area contributed by atoms with E-state index in [9.17, 15) is 14.4 Å². The van der Waals surface area contributed by atoms with Crippen molar-refractivity contribution >= 4 is 12.0 Å². The second-order valence-electron chi connectivity index (χ2n) is 4.91. The maximum absolute atomic E-state index is 12.8. The number of nitrogens with zero attached hydrogens (tertiary/aromatic N) is 1. The lowest BCUT2D eigenvalue weighted by Crippen LogP contribution is -2.22. The van der Waals surface area contributed by atoms with Crippen molar-refractivity contribution in [2.24, 2.45) is 5.92 Å². The number of benzene rings is 2. The van der Waals surface area contributed by atoms with Gasteiger partial charge in [-0.1, -0.05) is 18.2 Å². The Labute approximate surface area is 122 Å². The third-order valence-corrected chi connectivity index (χ3v) is 3.12. The van der Waals surface area contributed by atoms with Crippen molar-refractivity contribution in [3.63, 3.8) is 0 Å². The molecule has 0 fully saturated rings. The zero-order valence-electron chi connectivity index (χ0n) is 11.7. The maximum atomic E-state index is 12.8. The summed E-state index contributed by atoms with van der Waals surface area (Å²) < 4.78 is 13.6. The smallest absolute Gasteiger partial charge is 0.181 e. The van der Waals surface area contributed by atoms with Gasteiger partial charge in [-0.25, -0.2) is 9.13 Å². The minimum absolute atomic E-state index is 0.0606. The summed E-state index contributed by atoms with van der Waals surface area (Å²) in [5.74, 6) is -1.02. The molecule has 21 heavy (non-hydrogen) atoms. The number of hydroxylamine groups is 1. The topological polar surface area (TPSA) is 43.1 Å². The molecule has 0 radical (unpaired) electrons. The highest BCUT2D eigenvalue weighted by Crippen LogP contribution is 2.10. The minimum Gasteiger partial charge on any atom is -0.624 e. The van der Waals surface area contributed by atoms with Crippen LogP contribution in [-0.2, 0) is 0 Å². The lowest BCUT2D eigenvalue weighted by Gasteiger charge is -2.10. The molecule has 108 valence electrons. The van der Waals surface area contributed by atoms with Crippen LogP contribution in [0.3, 0.4) is 0 Å². The van der Waals surface area contributed by atoms with E-state index in [0.717, 1.165) is 10.3 Å². The van der Waals surface area contributed by atoms with Crippen molar-refractivity contribution in [2.45, 2.75) is 6.92 Å². The third-order valence-electron chi connectivity index (χ3n) is 3.12. The molecular formula is C17H16FNO2. The van der Waals surface area contributed by atoms with Crippen LogP contribution >= 0.6 is 0 Å². The number of hydrogen-bond donors (Lipinski definition) is 0. The molecule has 0 N–H and O–H groups in total. The third kappa shape index (κ3) is 4.24. The molecule has 1 atom stereocenters. The highest BCUT2D eigenvalue weighted by Gasteiger charge is 2.18. The molecule has 0 heterocycles. The van der Waals surface area contributed by atoms with E-state index >= 15 is 0 Å². The Balaban J connectivity index is 2.03. The zero-order chi connectivity index (χ0) is 15.2. The first-order valence-corrected chi connectivity index (χ1v) is 6.70. The molecule has 0 saturated heterocycles. The Morgan fingerprint density at radius 3 is 2.43 bits per heavy atom. The van der Waals surface area contributed by atoms with Gasteiger partial charge in [-0.15, -0.1) is 0 Å². The maximum Gasteiger partial charge on any atom is 0.181 e. The van der Waals surface area contributed by atoms with E-state index in [-0.39, 0.29) is 18.1 Å². The van der Waals surface area contributed by atoms with Gasteiger partial charge in [0.2, 0.25) is 0 Å². The summed E-state index contributed by atoms with van der Waals surface area (Å²) in [5, 5.41) is 11.9. The van der Waals surface area contributed by atoms with E-state index in [1.807, 2.05) is 30.3 Å². The van der Waals surface area contributed by atoms with Crippen LogP contribution in [0.4, 0.5) is 4.39 Å². The SMILES string of the molecule is CC(C[N+]([O-])=Cc1ccccc1)C(=O)c1ccc(F)cc1. The lowest BCUT2D eigenvalue weighted by molar-refractivity contribution is -0.457. The quantitative estimate of drug-likeness (QED) is 0.278. The molecule has 0 amide bonds. The zero-order valence-corrected chi connectivity index (χ0v) is 11.7. The second kappa shape index (κ2) is 6.79. The average Bonchev–Trinajstić information content (AvgIpc) is 2.48. The number of ketones is 1. The fourth-order valence-corrected chi connectivity index (χ4v) is 2.01. The summed E-state index contributed by atoms with van der Waals surface area (Å²) in [6.45, 7) is 1.75. The van der Waals surface area contributed by atoms with Crippen molar-refractivity contribution < 1.29 is 13.9 Å². The number of halogens is 1. The van der Waals surface area contributed by atoms with Gasteiger partial charge in [0.15, 0.2) is 18.5 Å². The van der Waals surface area contributed by atoms with Gasteiger partial charge < -0.3 is 5.21 Å². The number of hydrogen-bond acceptors (Lipinski definition) is 2. The fourth-order valence-electron chi connectivity index (χ4n) is 2.01. The minimum atomic E-state index is -0.465. The first kappa shape index (κ1) is 14.9. The molecule has 2 aromatic carbocycles. The molecule has 0 aliphatic carbocycles. The Morgan fingerprint density at radius 2 is 1.81 bits per heavy atom. The van der Waals surface area contributed by atoms with Crippen molar-refractivity contribution in [2.75, 3.05) is 6.54 Å². The summed E-state index contributed by atoms with van der Waals surface area (Å²) in [4.78, 5) is 12.1. The monoisotopic (exact) mass is 285 g/mol. The van der Waals surface area contributed by atoms with Crippen molar-refractivity contribution in [3.05, 3.63) is 76.7 Å². The van der Waals surface area contributed by atoms with Gasteiger partial charge in [-0.3, -0.25) is 4.79 Å². The van der Waals surface area contributed by atoms with Crippen molar-refractivity contribution in [1.82, 2.24) is 0 Å². The summed E-state index contributed by atoms with van der Waals surface area (Å²) in [7, 11) is 0. The fraction of sp³-hybridized carbons (Fsp3) is 0.176. The van der Waals surface area contributed by atoms with Crippen LogP contribution in [0.25, 0.3) is 0 Å². The highest BCUT2D eigenvalue weighted by atomic mass is 19.1. The van der Waals surface area contributed by atoms with E-state index in [2.05, 4.69) is 0 Å². The molecule has 2 rings (SSSR count).